The molecule has 0 spiro atoms. The summed E-state index contributed by atoms with van der Waals surface area (Å²) >= 11 is 1.81. The van der Waals surface area contributed by atoms with Crippen molar-refractivity contribution in [3.05, 3.63) is 15.6 Å². The van der Waals surface area contributed by atoms with E-state index in [2.05, 4.69) is 26.1 Å². The largest absolute Gasteiger partial charge is 0.374 e. The van der Waals surface area contributed by atoms with E-state index in [1.807, 2.05) is 11.3 Å². The Hall–Kier alpha value is -0.450. The predicted octanol–water partition coefficient (Wildman–Crippen LogP) is 3.69. The number of hydrogen-bond acceptors (Lipinski definition) is 4. The second-order valence-electron chi connectivity index (χ2n) is 4.47. The van der Waals surface area contributed by atoms with E-state index in [4.69, 9.17) is 9.72 Å². The van der Waals surface area contributed by atoms with Crippen LogP contribution in [-0.4, -0.2) is 18.6 Å². The van der Waals surface area contributed by atoms with Crippen molar-refractivity contribution in [3.8, 4) is 0 Å². The summed E-state index contributed by atoms with van der Waals surface area (Å²) in [5, 5.41) is 4.54. The lowest BCUT2D eigenvalue weighted by Crippen LogP contribution is -2.11. The highest BCUT2D eigenvalue weighted by molar-refractivity contribution is 7.11. The minimum Gasteiger partial charge on any atom is -0.374 e. The second kappa shape index (κ2) is 8.62. The molecule has 0 fully saturated rings. The van der Waals surface area contributed by atoms with E-state index in [1.165, 1.54) is 10.6 Å². The van der Waals surface area contributed by atoms with Gasteiger partial charge in [0.15, 0.2) is 0 Å². The van der Waals surface area contributed by atoms with Crippen molar-refractivity contribution < 1.29 is 4.74 Å². The minimum absolute atomic E-state index is 0.172. The fraction of sp³-hybridized carbons (Fsp3) is 0.786. The van der Waals surface area contributed by atoms with E-state index >= 15 is 0 Å². The molecule has 0 aliphatic rings. The number of nitrogens with one attached hydrogen (secondary N) is 1. The van der Waals surface area contributed by atoms with E-state index in [1.54, 1.807) is 7.11 Å². The van der Waals surface area contributed by atoms with E-state index in [-0.39, 0.29) is 6.10 Å². The monoisotopic (exact) mass is 270 g/mol. The zero-order valence-corrected chi connectivity index (χ0v) is 12.9. The van der Waals surface area contributed by atoms with Gasteiger partial charge in [0.1, 0.15) is 11.1 Å². The number of methoxy groups -OCH3 is 1. The van der Waals surface area contributed by atoms with Crippen LogP contribution in [-0.2, 0) is 17.7 Å². The number of nitrogens with zero attached hydrogens (tertiary/aromatic N) is 1. The molecule has 0 saturated heterocycles. The third-order valence-corrected chi connectivity index (χ3v) is 4.12. The molecule has 1 heterocycles. The Bertz CT molecular complexity index is 339. The van der Waals surface area contributed by atoms with Crippen LogP contribution in [0.3, 0.4) is 0 Å². The summed E-state index contributed by atoms with van der Waals surface area (Å²) in [5.74, 6) is 0. The Kier molecular flexibility index (Phi) is 7.47. The molecule has 3 nitrogen and oxygen atoms in total. The molecule has 18 heavy (non-hydrogen) atoms. The first-order chi connectivity index (χ1) is 8.76. The van der Waals surface area contributed by atoms with Crippen molar-refractivity contribution >= 4 is 11.3 Å². The quantitative estimate of drug-likeness (QED) is 0.743. The molecule has 1 unspecified atom stereocenters. The average molecular weight is 270 g/mol. The molecule has 0 saturated carbocycles. The third kappa shape index (κ3) is 4.34. The normalized spacial score (nSPS) is 12.9. The highest BCUT2D eigenvalue weighted by Gasteiger charge is 2.17. The highest BCUT2D eigenvalue weighted by Crippen LogP contribution is 2.29. The Morgan fingerprint density at radius 2 is 2.06 bits per heavy atom. The molecular formula is C14H26N2OS. The van der Waals surface area contributed by atoms with Crippen LogP contribution in [0.1, 0.15) is 61.7 Å². The standard InChI is InChI=1S/C14H26N2OS/c1-5-8-11-13(10-15-7-3)18-14(16-11)12(17-4)9-6-2/h12,15H,5-10H2,1-4H3. The van der Waals surface area contributed by atoms with Gasteiger partial charge in [-0.15, -0.1) is 11.3 Å². The molecule has 1 aromatic heterocycles. The van der Waals surface area contributed by atoms with E-state index in [0.29, 0.717) is 0 Å². The lowest BCUT2D eigenvalue weighted by atomic mass is 10.2. The molecule has 0 radical (unpaired) electrons. The zero-order chi connectivity index (χ0) is 13.4. The highest BCUT2D eigenvalue weighted by atomic mass is 32.1. The molecule has 1 atom stereocenters. The fourth-order valence-electron chi connectivity index (χ4n) is 1.95. The van der Waals surface area contributed by atoms with Crippen molar-refractivity contribution in [2.75, 3.05) is 13.7 Å². The van der Waals surface area contributed by atoms with Gasteiger partial charge in [0.2, 0.25) is 0 Å². The maximum atomic E-state index is 5.56. The van der Waals surface area contributed by atoms with Crippen LogP contribution in [0, 0.1) is 0 Å². The molecule has 0 amide bonds. The number of ether oxygens (including phenoxy) is 1. The van der Waals surface area contributed by atoms with Gasteiger partial charge in [-0.25, -0.2) is 4.98 Å². The number of aryl methyl sites for hydroxylation is 1. The SMILES string of the molecule is CCCc1nc(C(CCC)OC)sc1CNCC. The lowest BCUT2D eigenvalue weighted by molar-refractivity contribution is 0.0946. The molecule has 0 aliphatic carbocycles. The first-order valence-electron chi connectivity index (χ1n) is 6.98. The van der Waals surface area contributed by atoms with Gasteiger partial charge in [-0.3, -0.25) is 0 Å². The fourth-order valence-corrected chi connectivity index (χ4v) is 3.15. The summed E-state index contributed by atoms with van der Waals surface area (Å²) in [4.78, 5) is 6.18. The number of thiazole rings is 1. The molecule has 1 aromatic rings. The van der Waals surface area contributed by atoms with Crippen molar-refractivity contribution in [2.24, 2.45) is 0 Å². The first kappa shape index (κ1) is 15.6. The van der Waals surface area contributed by atoms with Crippen molar-refractivity contribution in [1.82, 2.24) is 10.3 Å². The van der Waals surface area contributed by atoms with Gasteiger partial charge in [-0.1, -0.05) is 33.6 Å². The van der Waals surface area contributed by atoms with Crippen LogP contribution in [0.2, 0.25) is 0 Å². The Morgan fingerprint density at radius 3 is 2.61 bits per heavy atom. The summed E-state index contributed by atoms with van der Waals surface area (Å²) in [6.45, 7) is 8.46. The smallest absolute Gasteiger partial charge is 0.122 e. The van der Waals surface area contributed by atoms with Gasteiger partial charge in [-0.05, 0) is 19.4 Å². The molecule has 0 aromatic carbocycles. The second-order valence-corrected chi connectivity index (χ2v) is 5.58. The Labute approximate surface area is 115 Å². The number of rotatable bonds is 9. The van der Waals surface area contributed by atoms with Gasteiger partial charge in [-0.2, -0.15) is 0 Å². The average Bonchev–Trinajstić information content (AvgIpc) is 2.77. The molecular weight excluding hydrogens is 244 g/mol. The summed E-state index contributed by atoms with van der Waals surface area (Å²) in [7, 11) is 1.78. The van der Waals surface area contributed by atoms with Crippen molar-refractivity contribution in [2.45, 2.75) is 59.1 Å². The number of hydrogen-bond donors (Lipinski definition) is 1. The van der Waals surface area contributed by atoms with Gasteiger partial charge in [0, 0.05) is 18.5 Å². The van der Waals surface area contributed by atoms with Crippen LogP contribution in [0.25, 0.3) is 0 Å². The molecule has 104 valence electrons. The van der Waals surface area contributed by atoms with E-state index in [9.17, 15) is 0 Å². The maximum absolute atomic E-state index is 5.56. The number of aromatic nitrogens is 1. The van der Waals surface area contributed by atoms with Crippen molar-refractivity contribution in [1.29, 1.82) is 0 Å². The van der Waals surface area contributed by atoms with Gasteiger partial charge >= 0.3 is 0 Å². The minimum atomic E-state index is 0.172. The molecule has 1 rings (SSSR count). The van der Waals surface area contributed by atoms with Crippen LogP contribution >= 0.6 is 11.3 Å². The summed E-state index contributed by atoms with van der Waals surface area (Å²) < 4.78 is 5.56. The first-order valence-corrected chi connectivity index (χ1v) is 7.80. The maximum Gasteiger partial charge on any atom is 0.122 e. The van der Waals surface area contributed by atoms with Crippen molar-refractivity contribution in [3.63, 3.8) is 0 Å². The van der Waals surface area contributed by atoms with Gasteiger partial charge in [0.05, 0.1) is 5.69 Å². The predicted molar refractivity (Wildman–Crippen MR) is 78.1 cm³/mol. The Morgan fingerprint density at radius 1 is 1.28 bits per heavy atom. The van der Waals surface area contributed by atoms with Gasteiger partial charge in [0.25, 0.3) is 0 Å². The molecule has 4 heteroatoms. The topological polar surface area (TPSA) is 34.1 Å². The van der Waals surface area contributed by atoms with E-state index in [0.717, 1.165) is 43.8 Å². The summed E-state index contributed by atoms with van der Waals surface area (Å²) in [6.07, 6.45) is 4.57. The lowest BCUT2D eigenvalue weighted by Gasteiger charge is -2.10. The molecule has 1 N–H and O–H groups in total. The van der Waals surface area contributed by atoms with Crippen LogP contribution in [0.5, 0.6) is 0 Å². The van der Waals surface area contributed by atoms with Gasteiger partial charge < -0.3 is 10.1 Å². The van der Waals surface area contributed by atoms with Crippen LogP contribution < -0.4 is 5.32 Å². The van der Waals surface area contributed by atoms with Crippen LogP contribution in [0.4, 0.5) is 0 Å². The third-order valence-electron chi connectivity index (χ3n) is 2.93. The zero-order valence-electron chi connectivity index (χ0n) is 12.1. The summed E-state index contributed by atoms with van der Waals surface area (Å²) in [5.41, 5.74) is 1.26. The van der Waals surface area contributed by atoms with E-state index < -0.39 is 0 Å². The molecule has 0 bridgehead atoms. The van der Waals surface area contributed by atoms with Crippen LogP contribution in [0.15, 0.2) is 0 Å². The Balaban J connectivity index is 2.85. The molecule has 0 aliphatic heterocycles. The summed E-state index contributed by atoms with van der Waals surface area (Å²) in [6, 6.07) is 0.